The number of para-hydroxylation sites is 1. The number of hydrogen-bond acceptors (Lipinski definition) is 4. The van der Waals surface area contributed by atoms with Crippen LogP contribution in [0.3, 0.4) is 0 Å². The second-order valence-electron chi connectivity index (χ2n) is 5.14. The quantitative estimate of drug-likeness (QED) is 0.861. The zero-order chi connectivity index (χ0) is 15.5. The third-order valence-corrected chi connectivity index (χ3v) is 4.53. The summed E-state index contributed by atoms with van der Waals surface area (Å²) in [6, 6.07) is 10.4. The van der Waals surface area contributed by atoms with Crippen LogP contribution < -0.4 is 10.0 Å². The van der Waals surface area contributed by atoms with E-state index < -0.39 is 10.0 Å². The number of nitrogens with one attached hydrogen (secondary N) is 2. The fourth-order valence-corrected chi connectivity index (χ4v) is 3.42. The second kappa shape index (κ2) is 6.32. The van der Waals surface area contributed by atoms with Gasteiger partial charge in [0.15, 0.2) is 0 Å². The van der Waals surface area contributed by atoms with Crippen molar-refractivity contribution in [1.29, 1.82) is 0 Å². The van der Waals surface area contributed by atoms with Gasteiger partial charge in [0.25, 0.3) is 0 Å². The summed E-state index contributed by atoms with van der Waals surface area (Å²) in [6.07, 6.45) is 0. The molecule has 2 N–H and O–H groups in total. The van der Waals surface area contributed by atoms with Crippen molar-refractivity contribution in [1.82, 2.24) is 4.72 Å². The Hall–Kier alpha value is -1.79. The van der Waals surface area contributed by atoms with Crippen molar-refractivity contribution in [2.24, 2.45) is 0 Å². The van der Waals surface area contributed by atoms with E-state index in [-0.39, 0.29) is 10.9 Å². The van der Waals surface area contributed by atoms with Crippen LogP contribution in [0.5, 0.6) is 0 Å². The van der Waals surface area contributed by atoms with Gasteiger partial charge >= 0.3 is 0 Å². The number of rotatable bonds is 6. The van der Waals surface area contributed by atoms with Gasteiger partial charge in [-0.1, -0.05) is 12.1 Å². The molecule has 0 bridgehead atoms. The van der Waals surface area contributed by atoms with Crippen LogP contribution in [0.15, 0.2) is 45.7 Å². The summed E-state index contributed by atoms with van der Waals surface area (Å²) < 4.78 is 32.7. The van der Waals surface area contributed by atoms with Gasteiger partial charge in [-0.05, 0) is 45.0 Å². The molecule has 0 aliphatic heterocycles. The highest BCUT2D eigenvalue weighted by Crippen LogP contribution is 2.22. The molecule has 5 nitrogen and oxygen atoms in total. The normalized spacial score (nSPS) is 11.8. The molecule has 2 aromatic rings. The summed E-state index contributed by atoms with van der Waals surface area (Å²) in [5, 5.41) is 3.11. The number of benzene rings is 1. The largest absolute Gasteiger partial charge is 0.465 e. The molecule has 0 radical (unpaired) electrons. The Morgan fingerprint density at radius 3 is 2.48 bits per heavy atom. The van der Waals surface area contributed by atoms with E-state index >= 15 is 0 Å². The first-order valence-electron chi connectivity index (χ1n) is 6.79. The maximum Gasteiger partial charge on any atom is 0.242 e. The van der Waals surface area contributed by atoms with Crippen LogP contribution in [-0.2, 0) is 16.6 Å². The highest BCUT2D eigenvalue weighted by molar-refractivity contribution is 7.89. The summed E-state index contributed by atoms with van der Waals surface area (Å²) in [7, 11) is -3.53. The monoisotopic (exact) mass is 308 g/mol. The molecule has 6 heteroatoms. The van der Waals surface area contributed by atoms with Crippen molar-refractivity contribution < 1.29 is 12.8 Å². The van der Waals surface area contributed by atoms with Crippen LogP contribution in [0, 0.1) is 6.92 Å². The van der Waals surface area contributed by atoms with Gasteiger partial charge in [0.2, 0.25) is 10.0 Å². The maximum absolute atomic E-state index is 12.3. The average molecular weight is 308 g/mol. The van der Waals surface area contributed by atoms with Crippen molar-refractivity contribution >= 4 is 15.7 Å². The minimum absolute atomic E-state index is 0.157. The minimum Gasteiger partial charge on any atom is -0.465 e. The molecule has 1 aromatic heterocycles. The fraction of sp³-hybridized carbons (Fsp3) is 0.333. The first-order valence-corrected chi connectivity index (χ1v) is 8.27. The maximum atomic E-state index is 12.3. The first kappa shape index (κ1) is 15.6. The predicted molar refractivity (Wildman–Crippen MR) is 82.7 cm³/mol. The molecule has 2 rings (SSSR count). The Balaban J connectivity index is 2.21. The molecule has 0 saturated heterocycles. The van der Waals surface area contributed by atoms with E-state index in [0.29, 0.717) is 12.2 Å². The molecule has 21 heavy (non-hydrogen) atoms. The van der Waals surface area contributed by atoms with Crippen molar-refractivity contribution in [2.75, 3.05) is 5.32 Å². The summed E-state index contributed by atoms with van der Waals surface area (Å²) in [5.41, 5.74) is 0.555. The van der Waals surface area contributed by atoms with Gasteiger partial charge in [0, 0.05) is 6.04 Å². The highest BCUT2D eigenvalue weighted by atomic mass is 32.2. The molecule has 0 aliphatic carbocycles. The average Bonchev–Trinajstić information content (AvgIpc) is 2.81. The van der Waals surface area contributed by atoms with Gasteiger partial charge in [-0.3, -0.25) is 0 Å². The molecule has 0 fully saturated rings. The van der Waals surface area contributed by atoms with Crippen molar-refractivity contribution in [3.63, 3.8) is 0 Å². The molecule has 0 saturated carbocycles. The smallest absolute Gasteiger partial charge is 0.242 e. The standard InChI is InChI=1S/C15H20N2O3S/c1-11(2)17-21(18,19)15-7-5-4-6-14(15)16-10-13-9-8-12(3)20-13/h4-9,11,16-17H,10H2,1-3H3. The predicted octanol–water partition coefficient (Wildman–Crippen LogP) is 2.89. The number of furan rings is 1. The molecule has 0 aliphatic rings. The van der Waals surface area contributed by atoms with Gasteiger partial charge in [0.1, 0.15) is 16.4 Å². The lowest BCUT2D eigenvalue weighted by atomic mass is 10.3. The van der Waals surface area contributed by atoms with Crippen LogP contribution in [0.1, 0.15) is 25.4 Å². The second-order valence-corrected chi connectivity index (χ2v) is 6.82. The van der Waals surface area contributed by atoms with E-state index in [1.165, 1.54) is 0 Å². The molecule has 0 unspecified atom stereocenters. The van der Waals surface area contributed by atoms with E-state index in [1.807, 2.05) is 19.1 Å². The fourth-order valence-electron chi connectivity index (χ4n) is 1.98. The summed E-state index contributed by atoms with van der Waals surface area (Å²) in [5.74, 6) is 1.59. The van der Waals surface area contributed by atoms with Gasteiger partial charge in [0.05, 0.1) is 12.2 Å². The van der Waals surface area contributed by atoms with Crippen LogP contribution >= 0.6 is 0 Å². The molecule has 1 heterocycles. The van der Waals surface area contributed by atoms with E-state index in [2.05, 4.69) is 10.0 Å². The van der Waals surface area contributed by atoms with Gasteiger partial charge in [-0.15, -0.1) is 0 Å². The van der Waals surface area contributed by atoms with Crippen LogP contribution in [0.4, 0.5) is 5.69 Å². The van der Waals surface area contributed by atoms with Crippen molar-refractivity contribution in [3.05, 3.63) is 47.9 Å². The van der Waals surface area contributed by atoms with Gasteiger partial charge < -0.3 is 9.73 Å². The number of anilines is 1. The Morgan fingerprint density at radius 2 is 1.86 bits per heavy atom. The summed E-state index contributed by atoms with van der Waals surface area (Å²) in [6.45, 7) is 5.88. The van der Waals surface area contributed by atoms with E-state index in [1.54, 1.807) is 38.1 Å². The Bertz CT molecular complexity index is 705. The molecule has 0 atom stereocenters. The molecule has 0 spiro atoms. The number of hydrogen-bond donors (Lipinski definition) is 2. The lowest BCUT2D eigenvalue weighted by molar-refractivity contribution is 0.490. The minimum atomic E-state index is -3.53. The Kier molecular flexibility index (Phi) is 4.69. The molecule has 1 aromatic carbocycles. The summed E-state index contributed by atoms with van der Waals surface area (Å²) >= 11 is 0. The van der Waals surface area contributed by atoms with Crippen molar-refractivity contribution in [2.45, 2.75) is 38.3 Å². The SMILES string of the molecule is Cc1ccc(CNc2ccccc2S(=O)(=O)NC(C)C)o1. The number of aryl methyl sites for hydroxylation is 1. The zero-order valence-corrected chi connectivity index (χ0v) is 13.2. The lowest BCUT2D eigenvalue weighted by Crippen LogP contribution is -2.30. The molecular weight excluding hydrogens is 288 g/mol. The van der Waals surface area contributed by atoms with E-state index in [4.69, 9.17) is 4.42 Å². The van der Waals surface area contributed by atoms with Crippen LogP contribution in [0.25, 0.3) is 0 Å². The Labute approximate surface area is 125 Å². The van der Waals surface area contributed by atoms with Crippen molar-refractivity contribution in [3.8, 4) is 0 Å². The third kappa shape index (κ3) is 4.09. The molecule has 0 amide bonds. The number of sulfonamides is 1. The van der Waals surface area contributed by atoms with Crippen LogP contribution in [0.2, 0.25) is 0 Å². The Morgan fingerprint density at radius 1 is 1.14 bits per heavy atom. The highest BCUT2D eigenvalue weighted by Gasteiger charge is 2.19. The zero-order valence-electron chi connectivity index (χ0n) is 12.4. The molecule has 114 valence electrons. The third-order valence-electron chi connectivity index (χ3n) is 2.82. The van der Waals surface area contributed by atoms with E-state index in [9.17, 15) is 8.42 Å². The lowest BCUT2D eigenvalue weighted by Gasteiger charge is -2.14. The molecular formula is C15H20N2O3S. The topological polar surface area (TPSA) is 71.3 Å². The van der Waals surface area contributed by atoms with Crippen LogP contribution in [-0.4, -0.2) is 14.5 Å². The first-order chi connectivity index (χ1) is 9.88. The van der Waals surface area contributed by atoms with Gasteiger partial charge in [-0.2, -0.15) is 0 Å². The van der Waals surface area contributed by atoms with Gasteiger partial charge in [-0.25, -0.2) is 13.1 Å². The summed E-state index contributed by atoms with van der Waals surface area (Å²) in [4.78, 5) is 0.238. The van der Waals surface area contributed by atoms with E-state index in [0.717, 1.165) is 11.5 Å².